The first-order valence-electron chi connectivity index (χ1n) is 6.52. The number of aliphatic carboxylic acids is 1. The highest BCUT2D eigenvalue weighted by Gasteiger charge is 2.24. The van der Waals surface area contributed by atoms with Crippen LogP contribution in [0.5, 0.6) is 5.75 Å². The van der Waals surface area contributed by atoms with Gasteiger partial charge in [-0.05, 0) is 41.7 Å². The monoisotopic (exact) mass is 307 g/mol. The van der Waals surface area contributed by atoms with Crippen LogP contribution in [0.2, 0.25) is 0 Å². The van der Waals surface area contributed by atoms with E-state index in [2.05, 4.69) is 0 Å². The number of carboxylic acids is 1. The van der Waals surface area contributed by atoms with Crippen LogP contribution >= 0.6 is 11.8 Å². The van der Waals surface area contributed by atoms with Crippen molar-refractivity contribution in [3.05, 3.63) is 34.7 Å². The first kappa shape index (κ1) is 15.4. The number of aryl methyl sites for hydroxylation is 1. The number of hydrogen-bond acceptors (Lipinski definition) is 4. The summed E-state index contributed by atoms with van der Waals surface area (Å²) >= 11 is 1.43. The first-order valence-corrected chi connectivity index (χ1v) is 7.56. The van der Waals surface area contributed by atoms with Crippen molar-refractivity contribution in [3.8, 4) is 5.75 Å². The van der Waals surface area contributed by atoms with Gasteiger partial charge in [0.25, 0.3) is 0 Å². The molecule has 1 aliphatic heterocycles. The lowest BCUT2D eigenvalue weighted by atomic mass is 10.1. The van der Waals surface area contributed by atoms with Gasteiger partial charge in [-0.2, -0.15) is 0 Å². The fourth-order valence-corrected chi connectivity index (χ4v) is 2.98. The molecule has 1 aromatic carbocycles. The molecule has 112 valence electrons. The van der Waals surface area contributed by atoms with Gasteiger partial charge < -0.3 is 14.7 Å². The second kappa shape index (κ2) is 6.67. The smallest absolute Gasteiger partial charge is 0.305 e. The second-order valence-electron chi connectivity index (χ2n) is 4.69. The number of rotatable bonds is 5. The molecule has 21 heavy (non-hydrogen) atoms. The number of benzene rings is 1. The van der Waals surface area contributed by atoms with Crippen LogP contribution < -0.4 is 4.74 Å². The largest absolute Gasteiger partial charge is 0.496 e. The molecule has 0 saturated heterocycles. The number of carboxylic acid groups (broad SMARTS) is 1. The highest BCUT2D eigenvalue weighted by molar-refractivity contribution is 8.03. The van der Waals surface area contributed by atoms with Gasteiger partial charge in [0.15, 0.2) is 0 Å². The Morgan fingerprint density at radius 1 is 1.48 bits per heavy atom. The Balaban J connectivity index is 2.30. The van der Waals surface area contributed by atoms with Gasteiger partial charge in [0.2, 0.25) is 5.91 Å². The molecule has 0 radical (unpaired) electrons. The lowest BCUT2D eigenvalue weighted by Gasteiger charge is -2.28. The molecule has 0 saturated carbocycles. The Hall–Kier alpha value is -1.95. The Bertz CT molecular complexity index is 597. The van der Waals surface area contributed by atoms with Crippen LogP contribution in [-0.4, -0.2) is 41.3 Å². The molecule has 1 aromatic rings. The van der Waals surface area contributed by atoms with Crippen LogP contribution in [0.15, 0.2) is 23.6 Å². The van der Waals surface area contributed by atoms with Crippen LogP contribution in [0, 0.1) is 6.92 Å². The van der Waals surface area contributed by atoms with Gasteiger partial charge in [0, 0.05) is 6.54 Å². The van der Waals surface area contributed by atoms with Crippen molar-refractivity contribution in [2.45, 2.75) is 13.3 Å². The van der Waals surface area contributed by atoms with Crippen LogP contribution in [0.1, 0.15) is 17.5 Å². The molecule has 1 aliphatic rings. The summed E-state index contributed by atoms with van der Waals surface area (Å²) in [5.74, 6) is 0.155. The van der Waals surface area contributed by atoms with E-state index in [0.717, 1.165) is 22.6 Å². The Labute approximate surface area is 127 Å². The minimum Gasteiger partial charge on any atom is -0.496 e. The van der Waals surface area contributed by atoms with E-state index in [1.54, 1.807) is 12.0 Å². The molecule has 5 nitrogen and oxygen atoms in total. The van der Waals surface area contributed by atoms with Gasteiger partial charge in [-0.1, -0.05) is 0 Å². The molecule has 1 heterocycles. The number of hydrogen-bond donors (Lipinski definition) is 1. The summed E-state index contributed by atoms with van der Waals surface area (Å²) in [6.45, 7) is 2.12. The molecule has 1 amide bonds. The van der Waals surface area contributed by atoms with Crippen LogP contribution in [0.4, 0.5) is 0 Å². The van der Waals surface area contributed by atoms with Crippen molar-refractivity contribution in [1.82, 2.24) is 4.90 Å². The highest BCUT2D eigenvalue weighted by atomic mass is 32.2. The van der Waals surface area contributed by atoms with E-state index in [1.165, 1.54) is 11.8 Å². The molecular weight excluding hydrogens is 290 g/mol. The van der Waals surface area contributed by atoms with E-state index in [1.807, 2.05) is 30.5 Å². The summed E-state index contributed by atoms with van der Waals surface area (Å²) in [6, 6.07) is 5.67. The fraction of sp³-hybridized carbons (Fsp3) is 0.333. The molecule has 0 spiro atoms. The summed E-state index contributed by atoms with van der Waals surface area (Å²) in [6.07, 6.45) is -0.0666. The van der Waals surface area contributed by atoms with E-state index in [9.17, 15) is 9.59 Å². The Kier molecular flexibility index (Phi) is 4.90. The normalized spacial score (nSPS) is 14.9. The zero-order valence-electron chi connectivity index (χ0n) is 12.0. The number of carbonyl (C=O) groups excluding carboxylic acids is 1. The third-order valence-corrected chi connectivity index (χ3v) is 4.04. The van der Waals surface area contributed by atoms with Gasteiger partial charge in [-0.25, -0.2) is 0 Å². The lowest BCUT2D eigenvalue weighted by molar-refractivity contribution is -0.137. The molecule has 0 atom stereocenters. The molecule has 0 fully saturated rings. The number of amides is 1. The highest BCUT2D eigenvalue weighted by Crippen LogP contribution is 2.30. The minimum absolute atomic E-state index is 0.0628. The zero-order valence-corrected chi connectivity index (χ0v) is 12.8. The van der Waals surface area contributed by atoms with Crippen molar-refractivity contribution >= 4 is 29.3 Å². The molecule has 6 heteroatoms. The van der Waals surface area contributed by atoms with Gasteiger partial charge >= 0.3 is 5.97 Å². The van der Waals surface area contributed by atoms with Gasteiger partial charge in [0.1, 0.15) is 5.75 Å². The zero-order chi connectivity index (χ0) is 15.4. The Morgan fingerprint density at radius 3 is 2.86 bits per heavy atom. The van der Waals surface area contributed by atoms with Gasteiger partial charge in [-0.15, -0.1) is 11.8 Å². The standard InChI is InChI=1S/C15H17NO4S/c1-10-7-11(3-4-13(10)20-2)12-8-21-9-14(17)16(12)6-5-15(18)19/h3-4,7-8H,5-6,9H2,1-2H3,(H,18,19). The summed E-state index contributed by atoms with van der Waals surface area (Å²) in [7, 11) is 1.61. The maximum Gasteiger partial charge on any atom is 0.305 e. The summed E-state index contributed by atoms with van der Waals surface area (Å²) in [4.78, 5) is 24.3. The van der Waals surface area contributed by atoms with E-state index >= 15 is 0 Å². The molecule has 0 aromatic heterocycles. The molecule has 0 aliphatic carbocycles. The summed E-state index contributed by atoms with van der Waals surface area (Å²) in [5.41, 5.74) is 2.61. The Morgan fingerprint density at radius 2 is 2.24 bits per heavy atom. The lowest BCUT2D eigenvalue weighted by Crippen LogP contribution is -2.34. The van der Waals surface area contributed by atoms with E-state index < -0.39 is 5.97 Å². The van der Waals surface area contributed by atoms with Gasteiger partial charge in [0.05, 0.1) is 25.0 Å². The summed E-state index contributed by atoms with van der Waals surface area (Å²) in [5, 5.41) is 10.7. The molecule has 0 unspecified atom stereocenters. The van der Waals surface area contributed by atoms with E-state index in [-0.39, 0.29) is 18.9 Å². The third kappa shape index (κ3) is 3.58. The van der Waals surface area contributed by atoms with Crippen LogP contribution in [0.3, 0.4) is 0 Å². The second-order valence-corrected chi connectivity index (χ2v) is 5.55. The molecule has 2 rings (SSSR count). The number of nitrogens with zero attached hydrogens (tertiary/aromatic N) is 1. The summed E-state index contributed by atoms with van der Waals surface area (Å²) < 4.78 is 5.23. The van der Waals surface area contributed by atoms with E-state index in [4.69, 9.17) is 9.84 Å². The number of ether oxygens (including phenoxy) is 1. The predicted octanol–water partition coefficient (Wildman–Crippen LogP) is 2.35. The first-order chi connectivity index (χ1) is 10.0. The van der Waals surface area contributed by atoms with Crippen molar-refractivity contribution in [3.63, 3.8) is 0 Å². The predicted molar refractivity (Wildman–Crippen MR) is 82.1 cm³/mol. The molecular formula is C15H17NO4S. The maximum absolute atomic E-state index is 12.0. The average Bonchev–Trinajstić information content (AvgIpc) is 2.45. The fourth-order valence-electron chi connectivity index (χ4n) is 2.18. The minimum atomic E-state index is -0.911. The third-order valence-electron chi connectivity index (χ3n) is 3.23. The molecule has 0 bridgehead atoms. The number of carbonyl (C=O) groups is 2. The van der Waals surface area contributed by atoms with Crippen LogP contribution in [0.25, 0.3) is 5.70 Å². The van der Waals surface area contributed by atoms with Crippen molar-refractivity contribution in [1.29, 1.82) is 0 Å². The quantitative estimate of drug-likeness (QED) is 0.904. The van der Waals surface area contributed by atoms with Crippen molar-refractivity contribution in [2.75, 3.05) is 19.4 Å². The topological polar surface area (TPSA) is 66.8 Å². The van der Waals surface area contributed by atoms with Crippen molar-refractivity contribution in [2.24, 2.45) is 0 Å². The molecule has 1 N–H and O–H groups in total. The SMILES string of the molecule is COc1ccc(C2=CSCC(=O)N2CCC(=O)O)cc1C. The van der Waals surface area contributed by atoms with Crippen molar-refractivity contribution < 1.29 is 19.4 Å². The maximum atomic E-state index is 12.0. The number of methoxy groups -OCH3 is 1. The van der Waals surface area contributed by atoms with E-state index in [0.29, 0.717) is 5.75 Å². The number of thioether (sulfide) groups is 1. The van der Waals surface area contributed by atoms with Gasteiger partial charge in [-0.3, -0.25) is 9.59 Å². The average molecular weight is 307 g/mol. The van der Waals surface area contributed by atoms with Crippen LogP contribution in [-0.2, 0) is 9.59 Å².